The average molecular weight is 488 g/mol. The third-order valence-corrected chi connectivity index (χ3v) is 7.53. The zero-order valence-corrected chi connectivity index (χ0v) is 20.1. The molecule has 7 nitrogen and oxygen atoms in total. The molecule has 0 saturated carbocycles. The van der Waals surface area contributed by atoms with Gasteiger partial charge in [0.1, 0.15) is 0 Å². The Balaban J connectivity index is 1.84. The summed E-state index contributed by atoms with van der Waals surface area (Å²) >= 11 is 6.32. The summed E-state index contributed by atoms with van der Waals surface area (Å²) in [4.78, 5) is 4.53. The number of rotatable bonds is 8. The minimum Gasteiger partial charge on any atom is -0.493 e. The summed E-state index contributed by atoms with van der Waals surface area (Å²) in [5.41, 5.74) is 2.16. The summed E-state index contributed by atoms with van der Waals surface area (Å²) in [6.07, 6.45) is 4.00. The third-order valence-electron chi connectivity index (χ3n) is 5.57. The van der Waals surface area contributed by atoms with E-state index in [0.29, 0.717) is 41.7 Å². The molecule has 2 heterocycles. The number of aromatic nitrogens is 1. The van der Waals surface area contributed by atoms with E-state index in [0.717, 1.165) is 24.1 Å². The molecule has 9 heteroatoms. The number of nitrogens with zero attached hydrogens (tertiary/aromatic N) is 3. The fraction of sp³-hybridized carbons (Fsp3) is 0.292. The van der Waals surface area contributed by atoms with Gasteiger partial charge in [0.2, 0.25) is 0 Å². The van der Waals surface area contributed by atoms with Crippen LogP contribution in [-0.4, -0.2) is 45.7 Å². The Labute approximate surface area is 199 Å². The molecule has 33 heavy (non-hydrogen) atoms. The summed E-state index contributed by atoms with van der Waals surface area (Å²) in [7, 11) is -0.966. The van der Waals surface area contributed by atoms with Crippen molar-refractivity contribution in [3.05, 3.63) is 77.1 Å². The van der Waals surface area contributed by atoms with E-state index in [1.807, 2.05) is 23.2 Å². The molecular weight excluding hydrogens is 462 g/mol. The van der Waals surface area contributed by atoms with Crippen LogP contribution in [0.4, 0.5) is 5.69 Å². The number of hydrogen-bond acceptors (Lipinski definition) is 6. The first-order valence-corrected chi connectivity index (χ1v) is 12.5. The summed E-state index contributed by atoms with van der Waals surface area (Å²) < 4.78 is 40.1. The van der Waals surface area contributed by atoms with Crippen molar-refractivity contribution >= 4 is 27.3 Å². The summed E-state index contributed by atoms with van der Waals surface area (Å²) in [6, 6.07) is 15.6. The number of sulfonamides is 1. The standard InChI is InChI=1S/C24H26ClN3O4S/c1-31-23-11-9-21(17-24(23)32-2)33(29,30)28(27-13-5-6-14-27)22-10-8-19(25)15-18(22)16-20-7-3-4-12-26-20/h3-4,7-12,15,17H,5-6,13-14,16H2,1-2H3. The second kappa shape index (κ2) is 9.99. The Morgan fingerprint density at radius 2 is 1.76 bits per heavy atom. The highest BCUT2D eigenvalue weighted by Gasteiger charge is 2.34. The molecule has 1 fully saturated rings. The van der Waals surface area contributed by atoms with E-state index in [9.17, 15) is 8.42 Å². The van der Waals surface area contributed by atoms with Gasteiger partial charge in [0.25, 0.3) is 10.0 Å². The van der Waals surface area contributed by atoms with Crippen molar-refractivity contribution in [1.29, 1.82) is 0 Å². The van der Waals surface area contributed by atoms with Gasteiger partial charge in [0.15, 0.2) is 11.5 Å². The van der Waals surface area contributed by atoms with Crippen LogP contribution in [0.2, 0.25) is 5.02 Å². The normalized spacial score (nSPS) is 14.3. The fourth-order valence-electron chi connectivity index (χ4n) is 3.97. The summed E-state index contributed by atoms with van der Waals surface area (Å²) in [5.74, 6) is 0.816. The van der Waals surface area contributed by atoms with Crippen molar-refractivity contribution in [3.8, 4) is 11.5 Å². The topological polar surface area (TPSA) is 72.0 Å². The lowest BCUT2D eigenvalue weighted by Crippen LogP contribution is -2.45. The van der Waals surface area contributed by atoms with Crippen LogP contribution in [0.15, 0.2) is 65.7 Å². The smallest absolute Gasteiger partial charge is 0.278 e. The number of pyridine rings is 1. The molecule has 0 N–H and O–H groups in total. The van der Waals surface area contributed by atoms with Gasteiger partial charge in [-0.3, -0.25) is 4.98 Å². The SMILES string of the molecule is COc1ccc(S(=O)(=O)N(c2ccc(Cl)cc2Cc2ccccn2)N2CCCC2)cc1OC. The maximum atomic E-state index is 14.0. The number of halogens is 1. The third kappa shape index (κ3) is 4.93. The zero-order chi connectivity index (χ0) is 23.4. The van der Waals surface area contributed by atoms with Gasteiger partial charge in [-0.05, 0) is 60.9 Å². The lowest BCUT2D eigenvalue weighted by molar-refractivity contribution is 0.351. The number of benzene rings is 2. The van der Waals surface area contributed by atoms with E-state index in [1.54, 1.807) is 30.5 Å². The summed E-state index contributed by atoms with van der Waals surface area (Å²) in [5, 5.41) is 2.41. The van der Waals surface area contributed by atoms with Crippen LogP contribution in [0.1, 0.15) is 24.1 Å². The number of anilines is 1. The maximum absolute atomic E-state index is 14.0. The molecule has 1 saturated heterocycles. The van der Waals surface area contributed by atoms with E-state index in [2.05, 4.69) is 4.98 Å². The highest BCUT2D eigenvalue weighted by atomic mass is 35.5. The predicted molar refractivity (Wildman–Crippen MR) is 129 cm³/mol. The minimum atomic E-state index is -3.96. The molecule has 2 aromatic carbocycles. The Kier molecular flexibility index (Phi) is 7.07. The van der Waals surface area contributed by atoms with Crippen LogP contribution in [0.5, 0.6) is 11.5 Å². The van der Waals surface area contributed by atoms with E-state index in [4.69, 9.17) is 21.1 Å². The lowest BCUT2D eigenvalue weighted by atomic mass is 10.1. The van der Waals surface area contributed by atoms with Crippen LogP contribution >= 0.6 is 11.6 Å². The summed E-state index contributed by atoms with van der Waals surface area (Å²) in [6.45, 7) is 1.27. The number of hydrazine groups is 1. The number of ether oxygens (including phenoxy) is 2. The number of methoxy groups -OCH3 is 2. The molecule has 3 aromatic rings. The average Bonchev–Trinajstić information content (AvgIpc) is 3.35. The van der Waals surface area contributed by atoms with Crippen LogP contribution in [0.25, 0.3) is 0 Å². The first-order valence-electron chi connectivity index (χ1n) is 10.6. The Hall–Kier alpha value is -2.81. The molecule has 0 atom stereocenters. The van der Waals surface area contributed by atoms with Gasteiger partial charge in [0.05, 0.1) is 24.8 Å². The first kappa shape index (κ1) is 23.4. The molecule has 0 unspecified atom stereocenters. The quantitative estimate of drug-likeness (QED) is 0.464. The van der Waals surface area contributed by atoms with Gasteiger partial charge in [-0.15, -0.1) is 0 Å². The van der Waals surface area contributed by atoms with Crippen molar-refractivity contribution in [2.75, 3.05) is 31.7 Å². The zero-order valence-electron chi connectivity index (χ0n) is 18.6. The van der Waals surface area contributed by atoms with Crippen LogP contribution in [0.3, 0.4) is 0 Å². The molecule has 0 aliphatic carbocycles. The van der Waals surface area contributed by atoms with Crippen LogP contribution in [0, 0.1) is 0 Å². The second-order valence-corrected chi connectivity index (χ2v) is 9.90. The Morgan fingerprint density at radius 1 is 1.00 bits per heavy atom. The van der Waals surface area contributed by atoms with Crippen molar-refractivity contribution in [2.24, 2.45) is 0 Å². The van der Waals surface area contributed by atoms with Crippen LogP contribution < -0.4 is 13.9 Å². The maximum Gasteiger partial charge on any atom is 0.278 e. The molecule has 0 radical (unpaired) electrons. The molecule has 0 amide bonds. The molecule has 0 spiro atoms. The predicted octanol–water partition coefficient (Wildman–Crippen LogP) is 4.55. The largest absolute Gasteiger partial charge is 0.493 e. The first-order chi connectivity index (χ1) is 15.9. The second-order valence-electron chi connectivity index (χ2n) is 7.70. The lowest BCUT2D eigenvalue weighted by Gasteiger charge is -2.34. The molecule has 1 aliphatic heterocycles. The Bertz CT molecular complexity index is 1220. The highest BCUT2D eigenvalue weighted by molar-refractivity contribution is 7.92. The van der Waals surface area contributed by atoms with Crippen molar-refractivity contribution in [1.82, 2.24) is 9.99 Å². The Morgan fingerprint density at radius 3 is 2.42 bits per heavy atom. The monoisotopic (exact) mass is 487 g/mol. The molecular formula is C24H26ClN3O4S. The van der Waals surface area contributed by atoms with Crippen molar-refractivity contribution in [2.45, 2.75) is 24.2 Å². The highest BCUT2D eigenvalue weighted by Crippen LogP contribution is 2.36. The van der Waals surface area contributed by atoms with Crippen molar-refractivity contribution in [3.63, 3.8) is 0 Å². The van der Waals surface area contributed by atoms with E-state index < -0.39 is 10.0 Å². The van der Waals surface area contributed by atoms with E-state index in [-0.39, 0.29) is 4.90 Å². The van der Waals surface area contributed by atoms with E-state index >= 15 is 0 Å². The van der Waals surface area contributed by atoms with Gasteiger partial charge >= 0.3 is 0 Å². The molecule has 4 rings (SSSR count). The molecule has 174 valence electrons. The molecule has 1 aliphatic rings. The van der Waals surface area contributed by atoms with Gasteiger partial charge in [-0.2, -0.15) is 12.8 Å². The molecule has 0 bridgehead atoms. The van der Waals surface area contributed by atoms with Crippen molar-refractivity contribution < 1.29 is 17.9 Å². The minimum absolute atomic E-state index is 0.116. The molecule has 1 aromatic heterocycles. The van der Waals surface area contributed by atoms with Gasteiger partial charge in [0, 0.05) is 42.5 Å². The van der Waals surface area contributed by atoms with Gasteiger partial charge in [-0.25, -0.2) is 5.01 Å². The van der Waals surface area contributed by atoms with Gasteiger partial charge in [-0.1, -0.05) is 17.7 Å². The van der Waals surface area contributed by atoms with Gasteiger partial charge < -0.3 is 9.47 Å². The van der Waals surface area contributed by atoms with Crippen LogP contribution in [-0.2, 0) is 16.4 Å². The van der Waals surface area contributed by atoms with E-state index in [1.165, 1.54) is 30.8 Å². The number of hydrogen-bond donors (Lipinski definition) is 0. The fourth-order valence-corrected chi connectivity index (χ4v) is 5.77.